The second kappa shape index (κ2) is 7.41. The van der Waals surface area contributed by atoms with E-state index < -0.39 is 0 Å². The lowest BCUT2D eigenvalue weighted by Crippen LogP contribution is -2.19. The van der Waals surface area contributed by atoms with Crippen molar-refractivity contribution in [2.45, 2.75) is 20.5 Å². The van der Waals surface area contributed by atoms with Gasteiger partial charge in [-0.15, -0.1) is 0 Å². The summed E-state index contributed by atoms with van der Waals surface area (Å²) in [5.41, 5.74) is 2.10. The summed E-state index contributed by atoms with van der Waals surface area (Å²) in [6.07, 6.45) is 6.36. The van der Waals surface area contributed by atoms with Gasteiger partial charge in [0.2, 0.25) is 0 Å². The first-order valence-corrected chi connectivity index (χ1v) is 7.22. The highest BCUT2D eigenvalue weighted by atomic mass is 16.5. The number of Topliss-reactive ketones (excluding diaryl/α,β-unsaturated/α-hetero) is 1. The van der Waals surface area contributed by atoms with Gasteiger partial charge in [-0.05, 0) is 17.7 Å². The molecule has 0 atom stereocenters. The number of ketones is 1. The van der Waals surface area contributed by atoms with Crippen molar-refractivity contribution >= 4 is 12.0 Å². The van der Waals surface area contributed by atoms with Gasteiger partial charge in [0.05, 0.1) is 11.3 Å². The third-order valence-electron chi connectivity index (χ3n) is 3.26. The van der Waals surface area contributed by atoms with Crippen LogP contribution in [0.3, 0.4) is 0 Å². The predicted molar refractivity (Wildman–Crippen MR) is 87.2 cm³/mol. The van der Waals surface area contributed by atoms with E-state index in [0.717, 1.165) is 11.8 Å². The Morgan fingerprint density at radius 2 is 2.00 bits per heavy atom. The molecule has 1 aliphatic rings. The molecule has 0 spiro atoms. The topological polar surface area (TPSA) is 62.2 Å². The molecule has 0 fully saturated rings. The zero-order valence-corrected chi connectivity index (χ0v) is 12.8. The Morgan fingerprint density at radius 3 is 2.55 bits per heavy atom. The number of allylic oxidation sites excluding steroid dienone is 3. The van der Waals surface area contributed by atoms with Crippen LogP contribution in [0.2, 0.25) is 0 Å². The van der Waals surface area contributed by atoms with Crippen LogP contribution in [0.1, 0.15) is 19.4 Å². The lowest BCUT2D eigenvalue weighted by atomic mass is 9.99. The largest absolute Gasteiger partial charge is 0.487 e. The Balaban J connectivity index is 2.02. The molecule has 22 heavy (non-hydrogen) atoms. The average Bonchev–Trinajstić information content (AvgIpc) is 2.55. The standard InChI is InChI=1S/C18H20N2O2/c1-13(2)18(21)16(10-19)17-9-8-15(11-20-17)22-12-14-6-4-3-5-7-14/h3-11,13,19-20H,12H2,1-2H3/b17-16+,19-10?. The van der Waals surface area contributed by atoms with Gasteiger partial charge in [-0.1, -0.05) is 44.2 Å². The van der Waals surface area contributed by atoms with Crippen molar-refractivity contribution < 1.29 is 9.53 Å². The maximum Gasteiger partial charge on any atom is 0.169 e. The molecule has 1 aliphatic heterocycles. The van der Waals surface area contributed by atoms with Gasteiger partial charge < -0.3 is 15.5 Å². The minimum atomic E-state index is -0.140. The van der Waals surface area contributed by atoms with Gasteiger partial charge in [0.1, 0.15) is 12.4 Å². The number of hydrogen-bond donors (Lipinski definition) is 2. The fraction of sp³-hybridized carbons (Fsp3) is 0.222. The fourth-order valence-corrected chi connectivity index (χ4v) is 2.00. The first kappa shape index (κ1) is 15.8. The second-order valence-corrected chi connectivity index (χ2v) is 5.29. The van der Waals surface area contributed by atoms with Crippen molar-refractivity contribution in [2.24, 2.45) is 5.92 Å². The second-order valence-electron chi connectivity index (χ2n) is 5.29. The molecule has 0 aromatic heterocycles. The van der Waals surface area contributed by atoms with E-state index in [1.165, 1.54) is 0 Å². The van der Waals surface area contributed by atoms with Crippen LogP contribution in [0.25, 0.3) is 0 Å². The molecule has 0 amide bonds. The summed E-state index contributed by atoms with van der Waals surface area (Å²) >= 11 is 0. The van der Waals surface area contributed by atoms with Gasteiger partial charge in [-0.2, -0.15) is 0 Å². The molecule has 1 heterocycles. The first-order valence-electron chi connectivity index (χ1n) is 7.22. The van der Waals surface area contributed by atoms with Gasteiger partial charge in [0.25, 0.3) is 0 Å². The normalized spacial score (nSPS) is 15.9. The van der Waals surface area contributed by atoms with Crippen LogP contribution in [0.4, 0.5) is 0 Å². The van der Waals surface area contributed by atoms with E-state index in [0.29, 0.717) is 23.6 Å². The molecule has 2 rings (SSSR count). The molecule has 0 bridgehead atoms. The summed E-state index contributed by atoms with van der Waals surface area (Å²) in [6, 6.07) is 9.90. The average molecular weight is 296 g/mol. The van der Waals surface area contributed by atoms with E-state index >= 15 is 0 Å². The van der Waals surface area contributed by atoms with Crippen molar-refractivity contribution in [2.75, 3.05) is 0 Å². The smallest absolute Gasteiger partial charge is 0.169 e. The zero-order chi connectivity index (χ0) is 15.9. The van der Waals surface area contributed by atoms with Crippen molar-refractivity contribution in [3.05, 3.63) is 71.3 Å². The maximum atomic E-state index is 12.0. The molecule has 1 aromatic rings. The Kier molecular flexibility index (Phi) is 5.31. The summed E-state index contributed by atoms with van der Waals surface area (Å²) in [6.45, 7) is 4.13. The van der Waals surface area contributed by atoms with Gasteiger partial charge in [-0.3, -0.25) is 4.79 Å². The summed E-state index contributed by atoms with van der Waals surface area (Å²) in [5, 5.41) is 10.5. The van der Waals surface area contributed by atoms with Gasteiger partial charge in [0.15, 0.2) is 5.78 Å². The molecule has 0 radical (unpaired) electrons. The third kappa shape index (κ3) is 3.95. The lowest BCUT2D eigenvalue weighted by Gasteiger charge is -2.15. The van der Waals surface area contributed by atoms with Crippen molar-refractivity contribution in [3.8, 4) is 0 Å². The number of benzene rings is 1. The monoisotopic (exact) mass is 296 g/mol. The van der Waals surface area contributed by atoms with Crippen LogP contribution in [-0.4, -0.2) is 12.0 Å². The molecule has 4 nitrogen and oxygen atoms in total. The Morgan fingerprint density at radius 1 is 1.27 bits per heavy atom. The lowest BCUT2D eigenvalue weighted by molar-refractivity contribution is -0.117. The number of hydrogen-bond acceptors (Lipinski definition) is 4. The van der Waals surface area contributed by atoms with E-state index in [1.807, 2.05) is 44.2 Å². The van der Waals surface area contributed by atoms with Crippen LogP contribution in [0, 0.1) is 11.3 Å². The van der Waals surface area contributed by atoms with Crippen LogP contribution >= 0.6 is 0 Å². The van der Waals surface area contributed by atoms with E-state index in [-0.39, 0.29) is 11.7 Å². The molecule has 1 aromatic carbocycles. The van der Waals surface area contributed by atoms with Crippen LogP contribution in [0.15, 0.2) is 65.7 Å². The summed E-state index contributed by atoms with van der Waals surface area (Å²) in [5.74, 6) is 0.497. The van der Waals surface area contributed by atoms with E-state index in [1.54, 1.807) is 18.4 Å². The van der Waals surface area contributed by atoms with Gasteiger partial charge in [-0.25, -0.2) is 0 Å². The third-order valence-corrected chi connectivity index (χ3v) is 3.26. The molecule has 0 saturated carbocycles. The number of rotatable bonds is 6. The summed E-state index contributed by atoms with van der Waals surface area (Å²) in [7, 11) is 0. The van der Waals surface area contributed by atoms with Crippen molar-refractivity contribution in [1.29, 1.82) is 5.41 Å². The Labute approximate surface area is 130 Å². The highest BCUT2D eigenvalue weighted by Crippen LogP contribution is 2.15. The molecule has 0 aliphatic carbocycles. The molecule has 0 saturated heterocycles. The van der Waals surface area contributed by atoms with Crippen LogP contribution < -0.4 is 5.32 Å². The van der Waals surface area contributed by atoms with Crippen LogP contribution in [-0.2, 0) is 16.1 Å². The highest BCUT2D eigenvalue weighted by molar-refractivity contribution is 6.14. The fourth-order valence-electron chi connectivity index (χ4n) is 2.00. The molecule has 0 unspecified atom stereocenters. The molecular formula is C18H20N2O2. The number of carbonyl (C=O) groups is 1. The van der Waals surface area contributed by atoms with Crippen molar-refractivity contribution in [1.82, 2.24) is 5.32 Å². The summed E-state index contributed by atoms with van der Waals surface area (Å²) in [4.78, 5) is 12.0. The van der Waals surface area contributed by atoms with Crippen molar-refractivity contribution in [3.63, 3.8) is 0 Å². The number of ether oxygens (including phenoxy) is 1. The van der Waals surface area contributed by atoms with Gasteiger partial charge >= 0.3 is 0 Å². The maximum absolute atomic E-state index is 12.0. The SMILES string of the molecule is CC(C)C(=O)/C(C=N)=C1\C=CC(OCc2ccccc2)=CN1. The van der Waals surface area contributed by atoms with Crippen LogP contribution in [0.5, 0.6) is 0 Å². The molecular weight excluding hydrogens is 276 g/mol. The van der Waals surface area contributed by atoms with Gasteiger partial charge in [0, 0.05) is 18.3 Å². The van der Waals surface area contributed by atoms with E-state index in [4.69, 9.17) is 10.1 Å². The number of dihydropyridines is 1. The molecule has 114 valence electrons. The highest BCUT2D eigenvalue weighted by Gasteiger charge is 2.16. The Hall–Kier alpha value is -2.62. The van der Waals surface area contributed by atoms with E-state index in [9.17, 15) is 4.79 Å². The summed E-state index contributed by atoms with van der Waals surface area (Å²) < 4.78 is 5.69. The first-order chi connectivity index (χ1) is 10.6. The predicted octanol–water partition coefficient (Wildman–Crippen LogP) is 3.33. The molecule has 4 heteroatoms. The minimum absolute atomic E-state index is 0.0517. The zero-order valence-electron chi connectivity index (χ0n) is 12.8. The number of carbonyl (C=O) groups excluding carboxylic acids is 1. The van der Waals surface area contributed by atoms with E-state index in [2.05, 4.69) is 5.32 Å². The molecule has 2 N–H and O–H groups in total. The Bertz CT molecular complexity index is 640. The quantitative estimate of drug-likeness (QED) is 0.625. The number of nitrogens with one attached hydrogen (secondary N) is 2. The minimum Gasteiger partial charge on any atom is -0.487 e.